The molecule has 0 saturated heterocycles. The Morgan fingerprint density at radius 3 is 2.35 bits per heavy atom. The Bertz CT molecular complexity index is 555. The third kappa shape index (κ3) is 4.65. The van der Waals surface area contributed by atoms with Crippen LogP contribution in [0.3, 0.4) is 0 Å². The number of halogens is 3. The number of anilines is 1. The van der Waals surface area contributed by atoms with Crippen molar-refractivity contribution in [2.24, 2.45) is 0 Å². The Balaban J connectivity index is 1.92. The molecule has 2 aromatic rings. The van der Waals surface area contributed by atoms with Crippen LogP contribution in [0.4, 0.5) is 19.0 Å². The van der Waals surface area contributed by atoms with Gasteiger partial charge in [0.2, 0.25) is 0 Å². The van der Waals surface area contributed by atoms with E-state index in [2.05, 4.69) is 9.72 Å². The summed E-state index contributed by atoms with van der Waals surface area (Å²) >= 11 is 1.52. The van der Waals surface area contributed by atoms with Gasteiger partial charge in [0.15, 0.2) is 0 Å². The summed E-state index contributed by atoms with van der Waals surface area (Å²) in [6, 6.07) is 9.32. The van der Waals surface area contributed by atoms with Crippen molar-refractivity contribution in [2.75, 3.05) is 5.73 Å². The van der Waals surface area contributed by atoms with Gasteiger partial charge in [-0.2, -0.15) is 0 Å². The second-order valence-corrected chi connectivity index (χ2v) is 4.95. The van der Waals surface area contributed by atoms with E-state index in [0.29, 0.717) is 11.6 Å². The van der Waals surface area contributed by atoms with Crippen molar-refractivity contribution in [3.05, 3.63) is 48.2 Å². The van der Waals surface area contributed by atoms with Gasteiger partial charge in [0.25, 0.3) is 0 Å². The summed E-state index contributed by atoms with van der Waals surface area (Å²) in [5, 5.41) is 0. The molecule has 0 aliphatic carbocycles. The topological polar surface area (TPSA) is 48.1 Å². The standard InChI is InChI=1S/C13H11F3N2OS/c14-13(15,16)19-10-3-1-9(2-4-10)8-20-11-5-6-12(17)18-7-11/h1-7H,8H2,(H2,17,18). The van der Waals surface area contributed by atoms with Crippen molar-refractivity contribution in [1.29, 1.82) is 0 Å². The number of alkyl halides is 3. The number of nitrogens with two attached hydrogens (primary N) is 1. The Morgan fingerprint density at radius 1 is 1.10 bits per heavy atom. The highest BCUT2D eigenvalue weighted by molar-refractivity contribution is 7.98. The summed E-state index contributed by atoms with van der Waals surface area (Å²) in [5.74, 6) is 0.848. The van der Waals surface area contributed by atoms with Gasteiger partial charge in [0, 0.05) is 16.8 Å². The van der Waals surface area contributed by atoms with E-state index in [1.54, 1.807) is 24.4 Å². The van der Waals surface area contributed by atoms with Gasteiger partial charge in [-0.05, 0) is 29.8 Å². The molecule has 0 amide bonds. The molecule has 7 heteroatoms. The van der Waals surface area contributed by atoms with E-state index < -0.39 is 6.36 Å². The van der Waals surface area contributed by atoms with Gasteiger partial charge in [-0.3, -0.25) is 0 Å². The molecule has 0 bridgehead atoms. The molecule has 0 unspecified atom stereocenters. The first-order chi connectivity index (χ1) is 9.42. The second-order valence-electron chi connectivity index (χ2n) is 3.90. The quantitative estimate of drug-likeness (QED) is 0.871. The molecule has 0 atom stereocenters. The number of thioether (sulfide) groups is 1. The smallest absolute Gasteiger partial charge is 0.406 e. The van der Waals surface area contributed by atoms with Gasteiger partial charge in [-0.15, -0.1) is 24.9 Å². The number of ether oxygens (including phenoxy) is 1. The molecule has 0 aliphatic rings. The average Bonchev–Trinajstić information content (AvgIpc) is 2.38. The zero-order valence-electron chi connectivity index (χ0n) is 10.2. The molecule has 1 aromatic carbocycles. The van der Waals surface area contributed by atoms with E-state index in [9.17, 15) is 13.2 Å². The van der Waals surface area contributed by atoms with Crippen LogP contribution in [0.15, 0.2) is 47.5 Å². The maximum atomic E-state index is 12.0. The number of nitrogens with zero attached hydrogens (tertiary/aromatic N) is 1. The zero-order chi connectivity index (χ0) is 14.6. The maximum Gasteiger partial charge on any atom is 0.573 e. The molecule has 2 rings (SSSR count). The van der Waals surface area contributed by atoms with Crippen LogP contribution < -0.4 is 10.5 Å². The van der Waals surface area contributed by atoms with Gasteiger partial charge in [0.1, 0.15) is 11.6 Å². The summed E-state index contributed by atoms with van der Waals surface area (Å²) in [6.07, 6.45) is -3.01. The van der Waals surface area contributed by atoms with Gasteiger partial charge >= 0.3 is 6.36 Å². The Kier molecular flexibility index (Phi) is 4.39. The van der Waals surface area contributed by atoms with Crippen molar-refractivity contribution >= 4 is 17.6 Å². The Morgan fingerprint density at radius 2 is 1.80 bits per heavy atom. The predicted molar refractivity (Wildman–Crippen MR) is 71.3 cm³/mol. The highest BCUT2D eigenvalue weighted by atomic mass is 32.2. The van der Waals surface area contributed by atoms with Crippen LogP contribution in [0.5, 0.6) is 5.75 Å². The molecule has 0 spiro atoms. The monoisotopic (exact) mass is 300 g/mol. The van der Waals surface area contributed by atoms with Gasteiger partial charge in [0.05, 0.1) is 0 Å². The number of rotatable bonds is 4. The molecule has 2 N–H and O–H groups in total. The van der Waals surface area contributed by atoms with Crippen LogP contribution in [0.25, 0.3) is 0 Å². The number of nitrogen functional groups attached to an aromatic ring is 1. The van der Waals surface area contributed by atoms with Crippen LogP contribution >= 0.6 is 11.8 Å². The fourth-order valence-corrected chi connectivity index (χ4v) is 2.25. The normalized spacial score (nSPS) is 11.3. The van der Waals surface area contributed by atoms with Crippen LogP contribution in [-0.2, 0) is 5.75 Å². The molecule has 20 heavy (non-hydrogen) atoms. The van der Waals surface area contributed by atoms with Crippen molar-refractivity contribution in [1.82, 2.24) is 4.98 Å². The minimum Gasteiger partial charge on any atom is -0.406 e. The molecular weight excluding hydrogens is 289 g/mol. The van der Waals surface area contributed by atoms with Crippen molar-refractivity contribution in [3.63, 3.8) is 0 Å². The van der Waals surface area contributed by atoms with Crippen LogP contribution in [-0.4, -0.2) is 11.3 Å². The Hall–Kier alpha value is -1.89. The summed E-state index contributed by atoms with van der Waals surface area (Å²) in [7, 11) is 0. The molecule has 0 fully saturated rings. The average molecular weight is 300 g/mol. The van der Waals surface area contributed by atoms with Crippen molar-refractivity contribution in [3.8, 4) is 5.75 Å². The molecular formula is C13H11F3N2OS. The summed E-state index contributed by atoms with van der Waals surface area (Å²) in [6.45, 7) is 0. The van der Waals surface area contributed by atoms with Crippen LogP contribution in [0.2, 0.25) is 0 Å². The maximum absolute atomic E-state index is 12.0. The van der Waals surface area contributed by atoms with Crippen LogP contribution in [0.1, 0.15) is 5.56 Å². The van der Waals surface area contributed by atoms with E-state index in [1.807, 2.05) is 6.07 Å². The molecule has 0 radical (unpaired) electrons. The molecule has 1 heterocycles. The highest BCUT2D eigenvalue weighted by Crippen LogP contribution is 2.26. The van der Waals surface area contributed by atoms with Crippen molar-refractivity contribution < 1.29 is 17.9 Å². The first-order valence-electron chi connectivity index (χ1n) is 5.61. The Labute approximate surface area is 118 Å². The minimum absolute atomic E-state index is 0.222. The number of aromatic nitrogens is 1. The van der Waals surface area contributed by atoms with Crippen LogP contribution in [0, 0.1) is 0 Å². The third-order valence-electron chi connectivity index (χ3n) is 2.32. The number of pyridine rings is 1. The lowest BCUT2D eigenvalue weighted by Gasteiger charge is -2.09. The van der Waals surface area contributed by atoms with E-state index in [4.69, 9.17) is 5.73 Å². The van der Waals surface area contributed by atoms with E-state index in [-0.39, 0.29) is 5.75 Å². The summed E-state index contributed by atoms with van der Waals surface area (Å²) in [5.41, 5.74) is 6.36. The van der Waals surface area contributed by atoms with Gasteiger partial charge in [-0.25, -0.2) is 4.98 Å². The zero-order valence-corrected chi connectivity index (χ0v) is 11.0. The first-order valence-corrected chi connectivity index (χ1v) is 6.60. The summed E-state index contributed by atoms with van der Waals surface area (Å²) in [4.78, 5) is 4.90. The fourth-order valence-electron chi connectivity index (χ4n) is 1.43. The highest BCUT2D eigenvalue weighted by Gasteiger charge is 2.30. The molecule has 0 saturated carbocycles. The predicted octanol–water partition coefficient (Wildman–Crippen LogP) is 3.85. The minimum atomic E-state index is -4.66. The largest absolute Gasteiger partial charge is 0.573 e. The molecule has 106 valence electrons. The lowest BCUT2D eigenvalue weighted by atomic mass is 10.2. The van der Waals surface area contributed by atoms with E-state index in [0.717, 1.165) is 10.5 Å². The lowest BCUT2D eigenvalue weighted by molar-refractivity contribution is -0.274. The van der Waals surface area contributed by atoms with Gasteiger partial charge in [-0.1, -0.05) is 12.1 Å². The summed E-state index contributed by atoms with van der Waals surface area (Å²) < 4.78 is 39.8. The van der Waals surface area contributed by atoms with Crippen molar-refractivity contribution in [2.45, 2.75) is 17.0 Å². The molecule has 0 aliphatic heterocycles. The SMILES string of the molecule is Nc1ccc(SCc2ccc(OC(F)(F)F)cc2)cn1. The van der Waals surface area contributed by atoms with E-state index >= 15 is 0 Å². The van der Waals surface area contributed by atoms with E-state index in [1.165, 1.54) is 23.9 Å². The number of hydrogen-bond acceptors (Lipinski definition) is 4. The molecule has 1 aromatic heterocycles. The first kappa shape index (κ1) is 14.5. The number of benzene rings is 1. The molecule has 3 nitrogen and oxygen atoms in total. The fraction of sp³-hybridized carbons (Fsp3) is 0.154. The third-order valence-corrected chi connectivity index (χ3v) is 3.37. The second kappa shape index (κ2) is 6.04. The number of hydrogen-bond donors (Lipinski definition) is 1. The van der Waals surface area contributed by atoms with Gasteiger partial charge < -0.3 is 10.5 Å². The lowest BCUT2D eigenvalue weighted by Crippen LogP contribution is -2.16.